The lowest BCUT2D eigenvalue weighted by Crippen LogP contribution is -2.34. The Labute approximate surface area is 247 Å². The molecule has 0 atom stereocenters. The summed E-state index contributed by atoms with van der Waals surface area (Å²) in [5, 5.41) is 8.86. The Hall–Kier alpha value is -3.48. The van der Waals surface area contributed by atoms with Crippen molar-refractivity contribution in [3.63, 3.8) is 0 Å². The van der Waals surface area contributed by atoms with Crippen molar-refractivity contribution in [1.29, 1.82) is 0 Å². The zero-order valence-corrected chi connectivity index (χ0v) is 24.7. The highest BCUT2D eigenvalue weighted by atomic mass is 32.2. The average molecular weight is 621 g/mol. The van der Waals surface area contributed by atoms with E-state index in [1.165, 1.54) is 37.4 Å². The topological polar surface area (TPSA) is 87.2 Å². The number of carboxylic acids is 1. The van der Waals surface area contributed by atoms with Gasteiger partial charge in [0.25, 0.3) is 10.0 Å². The molecule has 1 heterocycles. The molecule has 1 fully saturated rings. The number of rotatable bonds is 10. The molecule has 3 aromatic rings. The van der Waals surface area contributed by atoms with Crippen molar-refractivity contribution in [3.05, 3.63) is 89.6 Å². The molecule has 0 radical (unpaired) electrons. The van der Waals surface area contributed by atoms with Gasteiger partial charge < -0.3 is 9.84 Å². The van der Waals surface area contributed by atoms with Gasteiger partial charge in [0, 0.05) is 44.4 Å². The molecule has 0 saturated carbocycles. The quantitative estimate of drug-likeness (QED) is 0.304. The third-order valence-corrected chi connectivity index (χ3v) is 9.44. The van der Waals surface area contributed by atoms with Crippen molar-refractivity contribution in [2.24, 2.45) is 0 Å². The van der Waals surface area contributed by atoms with Crippen LogP contribution in [0.25, 0.3) is 16.7 Å². The van der Waals surface area contributed by atoms with Crippen molar-refractivity contribution >= 4 is 33.3 Å². The number of aliphatic carboxylic acids is 1. The highest BCUT2D eigenvalue weighted by Gasteiger charge is 2.30. The number of aryl methyl sites for hydroxylation is 1. The van der Waals surface area contributed by atoms with E-state index in [1.807, 2.05) is 23.9 Å². The van der Waals surface area contributed by atoms with E-state index >= 15 is 0 Å². The second-order valence-electron chi connectivity index (χ2n) is 9.83. The van der Waals surface area contributed by atoms with Gasteiger partial charge in [0.1, 0.15) is 5.75 Å². The molecule has 224 valence electrons. The van der Waals surface area contributed by atoms with E-state index in [4.69, 9.17) is 9.84 Å². The predicted octanol–water partition coefficient (Wildman–Crippen LogP) is 5.85. The standard InChI is InChI=1S/C30H31F3N2O5S2/c1-21-16-27(10-11-28(21)40-20-29(36)37)42(38,39)34(2)18-25(19-35-12-14-41-15-13-35)24-5-3-4-23(17-24)22-6-8-26(9-7-22)30(31,32)33/h3-11,16-18H,12-15,19-20H2,1-2H3,(H,36,37)/b25-18-. The number of carboxylic acid groups (broad SMARTS) is 1. The first-order valence-corrected chi connectivity index (χ1v) is 15.7. The molecule has 42 heavy (non-hydrogen) atoms. The maximum atomic E-state index is 13.6. The summed E-state index contributed by atoms with van der Waals surface area (Å²) in [7, 11) is -2.53. The third-order valence-electron chi connectivity index (χ3n) is 6.79. The maximum Gasteiger partial charge on any atom is 0.416 e. The number of sulfonamides is 1. The van der Waals surface area contributed by atoms with E-state index in [9.17, 15) is 26.4 Å². The molecular formula is C30H31F3N2O5S2. The fourth-order valence-corrected chi connectivity index (χ4v) is 6.64. The van der Waals surface area contributed by atoms with Crippen molar-refractivity contribution in [1.82, 2.24) is 9.21 Å². The lowest BCUT2D eigenvalue weighted by atomic mass is 9.98. The smallest absolute Gasteiger partial charge is 0.416 e. The summed E-state index contributed by atoms with van der Waals surface area (Å²) in [6, 6.07) is 16.5. The Morgan fingerprint density at radius 2 is 1.74 bits per heavy atom. The predicted molar refractivity (Wildman–Crippen MR) is 158 cm³/mol. The van der Waals surface area contributed by atoms with E-state index in [-0.39, 0.29) is 10.6 Å². The van der Waals surface area contributed by atoms with Crippen LogP contribution in [-0.2, 0) is 21.0 Å². The van der Waals surface area contributed by atoms with Gasteiger partial charge in [-0.1, -0.05) is 30.3 Å². The number of ether oxygens (including phenoxy) is 1. The number of nitrogens with zero attached hydrogens (tertiary/aromatic N) is 2. The molecule has 0 bridgehead atoms. The molecule has 0 aromatic heterocycles. The van der Waals surface area contributed by atoms with Crippen LogP contribution in [0.5, 0.6) is 5.75 Å². The Balaban J connectivity index is 1.67. The van der Waals surface area contributed by atoms with Gasteiger partial charge in [-0.05, 0) is 71.1 Å². The Morgan fingerprint density at radius 3 is 2.36 bits per heavy atom. The number of hydrogen-bond donors (Lipinski definition) is 1. The van der Waals surface area contributed by atoms with E-state index in [1.54, 1.807) is 25.3 Å². The summed E-state index contributed by atoms with van der Waals surface area (Å²) in [5.74, 6) is 1.06. The van der Waals surface area contributed by atoms with Gasteiger partial charge in [0.15, 0.2) is 6.61 Å². The van der Waals surface area contributed by atoms with Crippen LogP contribution in [0.15, 0.2) is 77.8 Å². The van der Waals surface area contributed by atoms with Gasteiger partial charge in [0.05, 0.1) is 10.5 Å². The third kappa shape index (κ3) is 7.87. The van der Waals surface area contributed by atoms with Gasteiger partial charge >= 0.3 is 12.1 Å². The minimum Gasteiger partial charge on any atom is -0.482 e. The lowest BCUT2D eigenvalue weighted by molar-refractivity contribution is -0.139. The monoisotopic (exact) mass is 620 g/mol. The largest absolute Gasteiger partial charge is 0.482 e. The van der Waals surface area contributed by atoms with Crippen LogP contribution < -0.4 is 4.74 Å². The van der Waals surface area contributed by atoms with Gasteiger partial charge in [0.2, 0.25) is 0 Å². The SMILES string of the molecule is Cc1cc(S(=O)(=O)N(C)/C=C(/CN2CCSCC2)c2cccc(-c3ccc(C(F)(F)F)cc3)c2)ccc1OCC(=O)O. The summed E-state index contributed by atoms with van der Waals surface area (Å²) in [6.07, 6.45) is -2.85. The van der Waals surface area contributed by atoms with Crippen molar-refractivity contribution in [3.8, 4) is 16.9 Å². The van der Waals surface area contributed by atoms with Crippen LogP contribution in [0.2, 0.25) is 0 Å². The van der Waals surface area contributed by atoms with Gasteiger partial charge in [-0.25, -0.2) is 13.2 Å². The Bertz CT molecular complexity index is 1550. The van der Waals surface area contributed by atoms with Gasteiger partial charge in [-0.15, -0.1) is 0 Å². The van der Waals surface area contributed by atoms with Crippen LogP contribution in [0, 0.1) is 6.92 Å². The Morgan fingerprint density at radius 1 is 1.05 bits per heavy atom. The minimum absolute atomic E-state index is 0.0219. The number of carbonyl (C=O) groups is 1. The van der Waals surface area contributed by atoms with Crippen molar-refractivity contribution in [2.75, 3.05) is 44.8 Å². The molecule has 3 aromatic carbocycles. The molecule has 4 rings (SSSR count). The molecule has 1 N–H and O–H groups in total. The molecule has 0 aliphatic carbocycles. The van der Waals surface area contributed by atoms with Crippen LogP contribution in [-0.4, -0.2) is 73.5 Å². The van der Waals surface area contributed by atoms with Gasteiger partial charge in [-0.2, -0.15) is 24.9 Å². The molecule has 0 amide bonds. The fraction of sp³-hybridized carbons (Fsp3) is 0.300. The highest BCUT2D eigenvalue weighted by molar-refractivity contribution is 7.99. The van der Waals surface area contributed by atoms with Crippen LogP contribution in [0.3, 0.4) is 0 Å². The molecule has 12 heteroatoms. The molecule has 0 spiro atoms. The first-order chi connectivity index (χ1) is 19.8. The first-order valence-electron chi connectivity index (χ1n) is 13.1. The highest BCUT2D eigenvalue weighted by Crippen LogP contribution is 2.32. The molecule has 1 saturated heterocycles. The Kier molecular flexibility index (Phi) is 9.90. The molecule has 0 unspecified atom stereocenters. The number of benzene rings is 3. The van der Waals surface area contributed by atoms with Crippen molar-refractivity contribution in [2.45, 2.75) is 18.0 Å². The second-order valence-corrected chi connectivity index (χ2v) is 13.1. The lowest BCUT2D eigenvalue weighted by Gasteiger charge is -2.28. The number of alkyl halides is 3. The number of thioether (sulfide) groups is 1. The minimum atomic E-state index is -4.43. The van der Waals surface area contributed by atoms with E-state index in [2.05, 4.69) is 4.90 Å². The summed E-state index contributed by atoms with van der Waals surface area (Å²) in [6.45, 7) is 3.26. The normalized spacial score (nSPS) is 14.9. The molecule has 1 aliphatic rings. The second kappa shape index (κ2) is 13.2. The molecular weight excluding hydrogens is 589 g/mol. The van der Waals surface area contributed by atoms with Crippen molar-refractivity contribution < 1.29 is 36.2 Å². The average Bonchev–Trinajstić information content (AvgIpc) is 2.96. The molecule has 1 aliphatic heterocycles. The number of halogens is 3. The van der Waals surface area contributed by atoms with Crippen LogP contribution >= 0.6 is 11.8 Å². The summed E-state index contributed by atoms with van der Waals surface area (Å²) in [4.78, 5) is 13.1. The van der Waals surface area contributed by atoms with Crippen LogP contribution in [0.4, 0.5) is 13.2 Å². The maximum absolute atomic E-state index is 13.6. The first kappa shape index (κ1) is 31.5. The summed E-state index contributed by atoms with van der Waals surface area (Å²) >= 11 is 1.86. The van der Waals surface area contributed by atoms with E-state index < -0.39 is 34.3 Å². The fourth-order valence-electron chi connectivity index (χ4n) is 4.50. The summed E-state index contributed by atoms with van der Waals surface area (Å²) in [5.41, 5.74) is 2.56. The zero-order valence-electron chi connectivity index (χ0n) is 23.1. The number of hydrogen-bond acceptors (Lipinski definition) is 6. The zero-order chi connectivity index (χ0) is 30.5. The van der Waals surface area contributed by atoms with Crippen LogP contribution in [0.1, 0.15) is 16.7 Å². The van der Waals surface area contributed by atoms with E-state index in [0.717, 1.165) is 52.2 Å². The van der Waals surface area contributed by atoms with Gasteiger partial charge in [-0.3, -0.25) is 9.21 Å². The molecule has 7 nitrogen and oxygen atoms in total. The van der Waals surface area contributed by atoms with E-state index in [0.29, 0.717) is 23.2 Å². The summed E-state index contributed by atoms with van der Waals surface area (Å²) < 4.78 is 72.7.